The first-order valence-corrected chi connectivity index (χ1v) is 7.14. The predicted octanol–water partition coefficient (Wildman–Crippen LogP) is 2.23. The maximum Gasteiger partial charge on any atom is 0.123 e. The SMILES string of the molecule is CNC(Cc1ccnc(N)c1)C1CC2CCC1C2. The highest BCUT2D eigenvalue weighted by Gasteiger charge is 2.42. The summed E-state index contributed by atoms with van der Waals surface area (Å²) in [5, 5.41) is 3.54. The number of pyridine rings is 1. The van der Waals surface area contributed by atoms with Gasteiger partial charge in [-0.2, -0.15) is 0 Å². The standard InChI is InChI=1S/C15H23N3/c1-17-14(8-11-4-5-18-15(16)9-11)13-7-10-2-3-12(13)6-10/h4-5,9-10,12-14,17H,2-3,6-8H2,1H3,(H2,16,18). The van der Waals surface area contributed by atoms with Crippen LogP contribution < -0.4 is 11.1 Å². The topological polar surface area (TPSA) is 50.9 Å². The lowest BCUT2D eigenvalue weighted by molar-refractivity contribution is 0.255. The molecule has 0 saturated heterocycles. The van der Waals surface area contributed by atoms with E-state index in [1.165, 1.54) is 31.2 Å². The van der Waals surface area contributed by atoms with Crippen LogP contribution in [0.25, 0.3) is 0 Å². The third-order valence-electron chi connectivity index (χ3n) is 4.98. The zero-order valence-electron chi connectivity index (χ0n) is 11.1. The van der Waals surface area contributed by atoms with Crippen LogP contribution in [0.5, 0.6) is 0 Å². The summed E-state index contributed by atoms with van der Waals surface area (Å²) in [4.78, 5) is 4.07. The van der Waals surface area contributed by atoms with Crippen LogP contribution in [0.4, 0.5) is 5.82 Å². The lowest BCUT2D eigenvalue weighted by Crippen LogP contribution is -2.38. The van der Waals surface area contributed by atoms with Gasteiger partial charge < -0.3 is 11.1 Å². The van der Waals surface area contributed by atoms with Gasteiger partial charge in [0.25, 0.3) is 0 Å². The molecule has 2 fully saturated rings. The molecule has 3 heteroatoms. The molecule has 0 amide bonds. The zero-order valence-corrected chi connectivity index (χ0v) is 11.1. The van der Waals surface area contributed by atoms with Crippen molar-refractivity contribution < 1.29 is 0 Å². The van der Waals surface area contributed by atoms with Gasteiger partial charge in [0.05, 0.1) is 0 Å². The number of nitrogens with zero attached hydrogens (tertiary/aromatic N) is 1. The number of nitrogens with one attached hydrogen (secondary N) is 1. The third kappa shape index (κ3) is 2.24. The number of fused-ring (bicyclic) bond motifs is 2. The number of nitrogens with two attached hydrogens (primary N) is 1. The van der Waals surface area contributed by atoms with E-state index in [0.717, 1.165) is 24.2 Å². The second-order valence-electron chi connectivity index (χ2n) is 6.03. The maximum atomic E-state index is 5.76. The molecule has 4 atom stereocenters. The molecule has 2 bridgehead atoms. The van der Waals surface area contributed by atoms with Gasteiger partial charge in [-0.05, 0) is 68.2 Å². The van der Waals surface area contributed by atoms with Crippen LogP contribution in [-0.2, 0) is 6.42 Å². The van der Waals surface area contributed by atoms with Crippen molar-refractivity contribution in [2.45, 2.75) is 38.1 Å². The van der Waals surface area contributed by atoms with E-state index in [-0.39, 0.29) is 0 Å². The van der Waals surface area contributed by atoms with Gasteiger partial charge in [0.1, 0.15) is 5.82 Å². The minimum atomic E-state index is 0.599. The van der Waals surface area contributed by atoms with Gasteiger partial charge in [-0.1, -0.05) is 6.42 Å². The van der Waals surface area contributed by atoms with E-state index in [2.05, 4.69) is 23.4 Å². The Hall–Kier alpha value is -1.09. The summed E-state index contributed by atoms with van der Waals surface area (Å²) < 4.78 is 0. The highest BCUT2D eigenvalue weighted by atomic mass is 14.9. The molecule has 3 nitrogen and oxygen atoms in total. The summed E-state index contributed by atoms with van der Waals surface area (Å²) in [5.41, 5.74) is 7.07. The van der Waals surface area contributed by atoms with E-state index in [9.17, 15) is 0 Å². The smallest absolute Gasteiger partial charge is 0.123 e. The molecule has 1 aromatic rings. The van der Waals surface area contributed by atoms with E-state index < -0.39 is 0 Å². The molecule has 0 aliphatic heterocycles. The zero-order chi connectivity index (χ0) is 12.5. The van der Waals surface area contributed by atoms with Crippen LogP contribution in [0, 0.1) is 17.8 Å². The van der Waals surface area contributed by atoms with Crippen LogP contribution >= 0.6 is 0 Å². The Labute approximate surface area is 109 Å². The first-order chi connectivity index (χ1) is 8.76. The molecule has 2 saturated carbocycles. The molecule has 4 unspecified atom stereocenters. The van der Waals surface area contributed by atoms with Gasteiger partial charge in [0.15, 0.2) is 0 Å². The summed E-state index contributed by atoms with van der Waals surface area (Å²) in [7, 11) is 2.10. The molecule has 2 aliphatic carbocycles. The van der Waals surface area contributed by atoms with E-state index >= 15 is 0 Å². The minimum absolute atomic E-state index is 0.599. The van der Waals surface area contributed by atoms with Crippen LogP contribution in [0.1, 0.15) is 31.2 Å². The Balaban J connectivity index is 1.69. The minimum Gasteiger partial charge on any atom is -0.384 e. The van der Waals surface area contributed by atoms with E-state index in [0.29, 0.717) is 11.9 Å². The summed E-state index contributed by atoms with van der Waals surface area (Å²) >= 11 is 0. The molecule has 1 aromatic heterocycles. The second-order valence-corrected chi connectivity index (χ2v) is 6.03. The third-order valence-corrected chi connectivity index (χ3v) is 4.98. The van der Waals surface area contributed by atoms with Crippen molar-refractivity contribution in [3.05, 3.63) is 23.9 Å². The Morgan fingerprint density at radius 1 is 1.44 bits per heavy atom. The number of likely N-dealkylation sites (N-methyl/N-ethyl adjacent to an activating group) is 1. The quantitative estimate of drug-likeness (QED) is 0.855. The lowest BCUT2D eigenvalue weighted by Gasteiger charge is -2.30. The molecule has 98 valence electrons. The van der Waals surface area contributed by atoms with Crippen molar-refractivity contribution in [2.75, 3.05) is 12.8 Å². The molecule has 0 radical (unpaired) electrons. The second kappa shape index (κ2) is 4.88. The van der Waals surface area contributed by atoms with E-state index in [4.69, 9.17) is 5.73 Å². The van der Waals surface area contributed by atoms with Crippen LogP contribution in [0.2, 0.25) is 0 Å². The van der Waals surface area contributed by atoms with Gasteiger partial charge in [0, 0.05) is 12.2 Å². The fourth-order valence-corrected chi connectivity index (χ4v) is 4.13. The number of nitrogen functional groups attached to an aromatic ring is 1. The molecular formula is C15H23N3. The van der Waals surface area contributed by atoms with Crippen molar-refractivity contribution in [1.82, 2.24) is 10.3 Å². The highest BCUT2D eigenvalue weighted by Crippen LogP contribution is 2.49. The summed E-state index contributed by atoms with van der Waals surface area (Å²) in [6.45, 7) is 0. The molecular weight excluding hydrogens is 222 g/mol. The number of hydrogen-bond acceptors (Lipinski definition) is 3. The predicted molar refractivity (Wildman–Crippen MR) is 74.1 cm³/mol. The van der Waals surface area contributed by atoms with Gasteiger partial charge in [-0.15, -0.1) is 0 Å². The molecule has 0 aromatic carbocycles. The largest absolute Gasteiger partial charge is 0.384 e. The molecule has 18 heavy (non-hydrogen) atoms. The van der Waals surface area contributed by atoms with Crippen LogP contribution in [-0.4, -0.2) is 18.1 Å². The first kappa shape index (κ1) is 12.0. The summed E-state index contributed by atoms with van der Waals surface area (Å²) in [6.07, 6.45) is 8.72. The first-order valence-electron chi connectivity index (χ1n) is 7.14. The van der Waals surface area contributed by atoms with E-state index in [1.54, 1.807) is 0 Å². The Morgan fingerprint density at radius 2 is 2.33 bits per heavy atom. The maximum absolute atomic E-state index is 5.76. The van der Waals surface area contributed by atoms with Crippen molar-refractivity contribution in [3.63, 3.8) is 0 Å². The van der Waals surface area contributed by atoms with Crippen molar-refractivity contribution in [1.29, 1.82) is 0 Å². The van der Waals surface area contributed by atoms with E-state index in [1.807, 2.05) is 12.3 Å². The van der Waals surface area contributed by atoms with Crippen molar-refractivity contribution >= 4 is 5.82 Å². The fraction of sp³-hybridized carbons (Fsp3) is 0.667. The molecule has 0 spiro atoms. The Bertz CT molecular complexity index is 418. The number of aromatic nitrogens is 1. The van der Waals surface area contributed by atoms with Crippen molar-refractivity contribution in [2.24, 2.45) is 17.8 Å². The average Bonchev–Trinajstić information content (AvgIpc) is 2.98. The molecule has 3 N–H and O–H groups in total. The lowest BCUT2D eigenvalue weighted by atomic mass is 9.81. The normalized spacial score (nSPS) is 31.7. The number of rotatable bonds is 4. The van der Waals surface area contributed by atoms with Crippen molar-refractivity contribution in [3.8, 4) is 0 Å². The van der Waals surface area contributed by atoms with Gasteiger partial charge in [0.2, 0.25) is 0 Å². The highest BCUT2D eigenvalue weighted by molar-refractivity contribution is 5.32. The Kier molecular flexibility index (Phi) is 3.25. The summed E-state index contributed by atoms with van der Waals surface area (Å²) in [5.74, 6) is 3.48. The molecule has 1 heterocycles. The van der Waals surface area contributed by atoms with Gasteiger partial charge in [-0.25, -0.2) is 4.98 Å². The average molecular weight is 245 g/mol. The molecule has 2 aliphatic rings. The fourth-order valence-electron chi connectivity index (χ4n) is 4.13. The monoisotopic (exact) mass is 245 g/mol. The van der Waals surface area contributed by atoms with Crippen LogP contribution in [0.15, 0.2) is 18.3 Å². The number of hydrogen-bond donors (Lipinski definition) is 2. The van der Waals surface area contributed by atoms with Gasteiger partial charge >= 0.3 is 0 Å². The number of anilines is 1. The van der Waals surface area contributed by atoms with Crippen LogP contribution in [0.3, 0.4) is 0 Å². The Morgan fingerprint density at radius 3 is 2.94 bits per heavy atom. The van der Waals surface area contributed by atoms with Gasteiger partial charge in [-0.3, -0.25) is 0 Å². The summed E-state index contributed by atoms with van der Waals surface area (Å²) in [6, 6.07) is 4.70. The molecule has 3 rings (SSSR count).